The lowest BCUT2D eigenvalue weighted by Crippen LogP contribution is -2.20. The number of hydrogen-bond acceptors (Lipinski definition) is 2. The molecule has 0 amide bonds. The Morgan fingerprint density at radius 2 is 2.24 bits per heavy atom. The zero-order chi connectivity index (χ0) is 12.7. The number of aliphatic hydroxyl groups is 1. The highest BCUT2D eigenvalue weighted by atomic mass is 16.3. The summed E-state index contributed by atoms with van der Waals surface area (Å²) in [7, 11) is 0. The summed E-state index contributed by atoms with van der Waals surface area (Å²) in [5, 5.41) is 10.1. The van der Waals surface area contributed by atoms with E-state index in [1.165, 1.54) is 5.57 Å². The lowest BCUT2D eigenvalue weighted by molar-refractivity contribution is 0.103. The third kappa shape index (κ3) is 6.12. The molecule has 0 spiro atoms. The van der Waals surface area contributed by atoms with Crippen molar-refractivity contribution in [3.8, 4) is 0 Å². The molecule has 0 saturated heterocycles. The van der Waals surface area contributed by atoms with Gasteiger partial charge in [-0.25, -0.2) is 0 Å². The molecule has 1 N–H and O–H groups in total. The Morgan fingerprint density at radius 1 is 1.47 bits per heavy atom. The molecular formula is C15H22O2. The van der Waals surface area contributed by atoms with Gasteiger partial charge in [0.25, 0.3) is 0 Å². The van der Waals surface area contributed by atoms with Crippen LogP contribution in [-0.4, -0.2) is 10.7 Å². The van der Waals surface area contributed by atoms with Crippen LogP contribution in [0.3, 0.4) is 0 Å². The normalized spacial score (nSPS) is 14.8. The molecular weight excluding hydrogens is 212 g/mol. The maximum Gasteiger partial charge on any atom is 0.107 e. The van der Waals surface area contributed by atoms with E-state index in [4.69, 9.17) is 4.42 Å². The van der Waals surface area contributed by atoms with Crippen molar-refractivity contribution in [2.45, 2.75) is 45.6 Å². The van der Waals surface area contributed by atoms with Gasteiger partial charge >= 0.3 is 0 Å². The van der Waals surface area contributed by atoms with Crippen LogP contribution in [0, 0.1) is 0 Å². The molecule has 1 aromatic rings. The third-order valence-corrected chi connectivity index (χ3v) is 2.58. The minimum absolute atomic E-state index is 0.728. The molecule has 1 rings (SSSR count). The van der Waals surface area contributed by atoms with Gasteiger partial charge in [0.2, 0.25) is 0 Å². The van der Waals surface area contributed by atoms with Crippen molar-refractivity contribution < 1.29 is 9.52 Å². The lowest BCUT2D eigenvalue weighted by Gasteiger charge is -2.17. The van der Waals surface area contributed by atoms with Crippen LogP contribution in [0.25, 0.3) is 0 Å². The van der Waals surface area contributed by atoms with Crippen molar-refractivity contribution in [1.29, 1.82) is 0 Å². The zero-order valence-corrected chi connectivity index (χ0v) is 10.9. The van der Waals surface area contributed by atoms with Gasteiger partial charge in [0.1, 0.15) is 5.76 Å². The van der Waals surface area contributed by atoms with Crippen LogP contribution >= 0.6 is 0 Å². The predicted octanol–water partition coefficient (Wildman–Crippen LogP) is 3.88. The second-order valence-corrected chi connectivity index (χ2v) is 4.86. The molecule has 1 aromatic heterocycles. The summed E-state index contributed by atoms with van der Waals surface area (Å²) in [6, 6.07) is 3.80. The van der Waals surface area contributed by atoms with Crippen molar-refractivity contribution >= 4 is 0 Å². The molecule has 17 heavy (non-hydrogen) atoms. The van der Waals surface area contributed by atoms with Crippen LogP contribution < -0.4 is 0 Å². The van der Waals surface area contributed by atoms with Crippen LogP contribution in [-0.2, 0) is 6.42 Å². The highest BCUT2D eigenvalue weighted by Crippen LogP contribution is 2.15. The molecule has 0 aromatic carbocycles. The number of rotatable bonds is 6. The van der Waals surface area contributed by atoms with E-state index in [1.807, 2.05) is 31.2 Å². The van der Waals surface area contributed by atoms with Gasteiger partial charge in [-0.15, -0.1) is 0 Å². The number of allylic oxidation sites excluding steroid dienone is 3. The predicted molar refractivity (Wildman–Crippen MR) is 70.8 cm³/mol. The first-order valence-corrected chi connectivity index (χ1v) is 6.05. The van der Waals surface area contributed by atoms with Gasteiger partial charge in [-0.1, -0.05) is 23.8 Å². The molecule has 0 bridgehead atoms. The summed E-state index contributed by atoms with van der Waals surface area (Å²) in [4.78, 5) is 0. The summed E-state index contributed by atoms with van der Waals surface area (Å²) < 4.78 is 5.22. The fourth-order valence-electron chi connectivity index (χ4n) is 1.59. The molecule has 0 aliphatic rings. The minimum atomic E-state index is -0.738. The molecule has 0 radical (unpaired) electrons. The Kier molecular flexibility index (Phi) is 5.23. The van der Waals surface area contributed by atoms with E-state index < -0.39 is 5.60 Å². The van der Waals surface area contributed by atoms with Crippen LogP contribution in [0.5, 0.6) is 0 Å². The van der Waals surface area contributed by atoms with Crippen molar-refractivity contribution in [2.24, 2.45) is 0 Å². The van der Waals surface area contributed by atoms with Gasteiger partial charge in [0.05, 0.1) is 11.9 Å². The number of furan rings is 1. The molecule has 94 valence electrons. The van der Waals surface area contributed by atoms with E-state index in [2.05, 4.69) is 19.9 Å². The largest absolute Gasteiger partial charge is 0.469 e. The molecule has 0 saturated carbocycles. The third-order valence-electron chi connectivity index (χ3n) is 2.58. The lowest BCUT2D eigenvalue weighted by atomic mass is 9.98. The Morgan fingerprint density at radius 3 is 2.82 bits per heavy atom. The first-order chi connectivity index (χ1) is 7.99. The highest BCUT2D eigenvalue weighted by molar-refractivity contribution is 5.07. The Bertz CT molecular complexity index is 366. The van der Waals surface area contributed by atoms with Crippen molar-refractivity contribution in [1.82, 2.24) is 0 Å². The van der Waals surface area contributed by atoms with Crippen molar-refractivity contribution in [3.63, 3.8) is 0 Å². The van der Waals surface area contributed by atoms with E-state index in [1.54, 1.807) is 6.26 Å². The van der Waals surface area contributed by atoms with Crippen molar-refractivity contribution in [2.75, 3.05) is 0 Å². The van der Waals surface area contributed by atoms with Crippen LogP contribution in [0.1, 0.15) is 39.4 Å². The van der Waals surface area contributed by atoms with Gasteiger partial charge in [-0.2, -0.15) is 0 Å². The highest BCUT2D eigenvalue weighted by Gasteiger charge is 2.14. The smallest absolute Gasteiger partial charge is 0.107 e. The van der Waals surface area contributed by atoms with E-state index >= 15 is 0 Å². The Labute approximate surface area is 104 Å². The van der Waals surface area contributed by atoms with E-state index in [-0.39, 0.29) is 0 Å². The average Bonchev–Trinajstić information content (AvgIpc) is 2.69. The summed E-state index contributed by atoms with van der Waals surface area (Å²) in [6.45, 7) is 5.98. The van der Waals surface area contributed by atoms with Crippen molar-refractivity contribution in [3.05, 3.63) is 48.0 Å². The quantitative estimate of drug-likeness (QED) is 0.758. The van der Waals surface area contributed by atoms with E-state index in [0.29, 0.717) is 0 Å². The molecule has 2 nitrogen and oxygen atoms in total. The van der Waals surface area contributed by atoms with Gasteiger partial charge < -0.3 is 9.52 Å². The second-order valence-electron chi connectivity index (χ2n) is 4.86. The maximum absolute atomic E-state index is 10.1. The van der Waals surface area contributed by atoms with Crippen LogP contribution in [0.2, 0.25) is 0 Å². The SMILES string of the molecule is CC(C)=CCCC(C)(O)/C=C/Cc1ccco1. The Hall–Kier alpha value is -1.28. The fraction of sp³-hybridized carbons (Fsp3) is 0.467. The molecule has 1 heterocycles. The molecule has 1 unspecified atom stereocenters. The summed E-state index contributed by atoms with van der Waals surface area (Å²) in [5.74, 6) is 0.918. The van der Waals surface area contributed by atoms with Crippen LogP contribution in [0.15, 0.2) is 46.6 Å². The summed E-state index contributed by atoms with van der Waals surface area (Å²) in [6.07, 6.45) is 10.00. The van der Waals surface area contributed by atoms with E-state index in [9.17, 15) is 5.11 Å². The topological polar surface area (TPSA) is 33.4 Å². The fourth-order valence-corrected chi connectivity index (χ4v) is 1.59. The zero-order valence-electron chi connectivity index (χ0n) is 10.9. The number of hydrogen-bond donors (Lipinski definition) is 1. The molecule has 2 heteroatoms. The first-order valence-electron chi connectivity index (χ1n) is 6.05. The standard InChI is InChI=1S/C15H22O2/c1-13(2)7-4-10-15(3,16)11-5-8-14-9-6-12-17-14/h5-7,9,11-12,16H,4,8,10H2,1-3H3/b11-5+. The van der Waals surface area contributed by atoms with Gasteiger partial charge in [0.15, 0.2) is 0 Å². The van der Waals surface area contributed by atoms with Crippen LogP contribution in [0.4, 0.5) is 0 Å². The average molecular weight is 234 g/mol. The monoisotopic (exact) mass is 234 g/mol. The minimum Gasteiger partial charge on any atom is -0.469 e. The Balaban J connectivity index is 2.37. The molecule has 0 aliphatic carbocycles. The summed E-state index contributed by atoms with van der Waals surface area (Å²) in [5.41, 5.74) is 0.554. The van der Waals surface area contributed by atoms with Gasteiger partial charge in [0, 0.05) is 6.42 Å². The molecule has 0 fully saturated rings. The first kappa shape index (κ1) is 13.8. The molecule has 0 aliphatic heterocycles. The van der Waals surface area contributed by atoms with Gasteiger partial charge in [-0.3, -0.25) is 0 Å². The van der Waals surface area contributed by atoms with E-state index in [0.717, 1.165) is 25.0 Å². The van der Waals surface area contributed by atoms with Gasteiger partial charge in [-0.05, 0) is 45.7 Å². The summed E-state index contributed by atoms with van der Waals surface area (Å²) >= 11 is 0. The second kappa shape index (κ2) is 6.45. The molecule has 1 atom stereocenters. The maximum atomic E-state index is 10.1.